The molecule has 0 aromatic rings. The molecule has 0 rings (SSSR count). The van der Waals surface area contributed by atoms with Gasteiger partial charge in [-0.25, -0.2) is 5.11 Å². The van der Waals surface area contributed by atoms with Crippen LogP contribution < -0.4 is 0 Å². The lowest BCUT2D eigenvalue weighted by atomic mass is 9.78. The maximum atomic E-state index is 12.9. The summed E-state index contributed by atoms with van der Waals surface area (Å²) in [5, 5.41) is 12.9. The van der Waals surface area contributed by atoms with Crippen LogP contribution in [0.5, 0.6) is 0 Å². The van der Waals surface area contributed by atoms with Crippen LogP contribution in [0.3, 0.4) is 0 Å². The topological polar surface area (TPSA) is 19.9 Å². The van der Waals surface area contributed by atoms with E-state index in [0.29, 0.717) is 5.92 Å². The van der Waals surface area contributed by atoms with Crippen molar-refractivity contribution >= 4 is 0 Å². The highest BCUT2D eigenvalue weighted by Gasteiger charge is 2.33. The maximum Gasteiger partial charge on any atom is 0.106 e. The zero-order valence-electron chi connectivity index (χ0n) is 13.3. The summed E-state index contributed by atoms with van der Waals surface area (Å²) in [6, 6.07) is 0. The summed E-state index contributed by atoms with van der Waals surface area (Å²) in [5.41, 5.74) is -0.643. The minimum atomic E-state index is -0.643. The Morgan fingerprint density at radius 1 is 0.778 bits per heavy atom. The van der Waals surface area contributed by atoms with Crippen molar-refractivity contribution in [3.8, 4) is 0 Å². The van der Waals surface area contributed by atoms with E-state index in [1.165, 1.54) is 32.1 Å². The number of hydrogen-bond acceptors (Lipinski definition) is 0. The van der Waals surface area contributed by atoms with Gasteiger partial charge in [0.2, 0.25) is 0 Å². The van der Waals surface area contributed by atoms with Gasteiger partial charge >= 0.3 is 0 Å². The molecule has 18 heavy (non-hydrogen) atoms. The highest BCUT2D eigenvalue weighted by Crippen LogP contribution is 2.32. The normalized spacial score (nSPS) is 16.5. The van der Waals surface area contributed by atoms with Gasteiger partial charge in [0.1, 0.15) is 5.60 Å². The first-order valence-corrected chi connectivity index (χ1v) is 8.31. The first-order chi connectivity index (χ1) is 8.60. The predicted octanol–water partition coefficient (Wildman–Crippen LogP) is 6.14. The Hall–Kier alpha value is -0.0400. The molecule has 2 unspecified atom stereocenters. The first kappa shape index (κ1) is 18.0. The summed E-state index contributed by atoms with van der Waals surface area (Å²) in [4.78, 5) is 0. The fourth-order valence-corrected chi connectivity index (χ4v) is 2.94. The number of hydrogen-bond donors (Lipinski definition) is 0. The second kappa shape index (κ2) is 10.8. The number of unbranched alkanes of at least 4 members (excludes halogenated alkanes) is 5. The third-order valence-electron chi connectivity index (χ3n) is 4.25. The zero-order valence-corrected chi connectivity index (χ0v) is 13.3. The lowest BCUT2D eigenvalue weighted by molar-refractivity contribution is -0.0900. The van der Waals surface area contributed by atoms with Gasteiger partial charge in [-0.1, -0.05) is 79.1 Å². The molecule has 1 nitrogen and oxygen atoms in total. The third-order valence-corrected chi connectivity index (χ3v) is 4.25. The summed E-state index contributed by atoms with van der Waals surface area (Å²) in [5.74, 6) is 0.345. The Morgan fingerprint density at radius 2 is 1.39 bits per heavy atom. The van der Waals surface area contributed by atoms with E-state index in [1.54, 1.807) is 0 Å². The van der Waals surface area contributed by atoms with E-state index >= 15 is 0 Å². The van der Waals surface area contributed by atoms with E-state index in [0.717, 1.165) is 38.5 Å². The molecule has 0 fully saturated rings. The molecule has 0 aromatic carbocycles. The van der Waals surface area contributed by atoms with Crippen molar-refractivity contribution in [2.24, 2.45) is 5.92 Å². The summed E-state index contributed by atoms with van der Waals surface area (Å²) < 4.78 is 0. The Bertz CT molecular complexity index is 178. The molecule has 109 valence electrons. The van der Waals surface area contributed by atoms with E-state index in [9.17, 15) is 5.11 Å². The molecule has 0 aliphatic heterocycles. The van der Waals surface area contributed by atoms with Crippen molar-refractivity contribution in [3.63, 3.8) is 0 Å². The van der Waals surface area contributed by atoms with Gasteiger partial charge in [-0.3, -0.25) is 0 Å². The van der Waals surface area contributed by atoms with Crippen molar-refractivity contribution in [2.45, 2.75) is 104 Å². The van der Waals surface area contributed by atoms with Gasteiger partial charge in [0, 0.05) is 0 Å². The van der Waals surface area contributed by atoms with Crippen LogP contribution in [0.15, 0.2) is 0 Å². The van der Waals surface area contributed by atoms with Crippen LogP contribution in [0, 0.1) is 5.92 Å². The van der Waals surface area contributed by atoms with Crippen LogP contribution in [-0.4, -0.2) is 5.60 Å². The van der Waals surface area contributed by atoms with Crippen molar-refractivity contribution in [1.29, 1.82) is 0 Å². The second-order valence-corrected chi connectivity index (χ2v) is 6.02. The van der Waals surface area contributed by atoms with E-state index < -0.39 is 5.60 Å². The largest absolute Gasteiger partial charge is 0.229 e. The fourth-order valence-electron chi connectivity index (χ4n) is 2.94. The van der Waals surface area contributed by atoms with Crippen LogP contribution in [0.1, 0.15) is 98.3 Å². The fraction of sp³-hybridized carbons (Fsp3) is 1.00. The smallest absolute Gasteiger partial charge is 0.106 e. The third kappa shape index (κ3) is 7.41. The van der Waals surface area contributed by atoms with Gasteiger partial charge in [-0.15, -0.1) is 0 Å². The number of rotatable bonds is 12. The average molecular weight is 255 g/mol. The average Bonchev–Trinajstić information content (AvgIpc) is 2.34. The van der Waals surface area contributed by atoms with Gasteiger partial charge in [0.25, 0.3) is 0 Å². The summed E-state index contributed by atoms with van der Waals surface area (Å²) in [6.45, 7) is 8.75. The lowest BCUT2D eigenvalue weighted by Gasteiger charge is -2.32. The molecule has 1 radical (unpaired) electrons. The molecule has 2 atom stereocenters. The highest BCUT2D eigenvalue weighted by atomic mass is 16.3. The molecule has 1 heteroatoms. The van der Waals surface area contributed by atoms with Crippen LogP contribution in [0.25, 0.3) is 0 Å². The summed E-state index contributed by atoms with van der Waals surface area (Å²) in [6.07, 6.45) is 12.8. The Balaban J connectivity index is 3.94. The maximum absolute atomic E-state index is 12.9. The quantitative estimate of drug-likeness (QED) is 0.373. The van der Waals surface area contributed by atoms with Gasteiger partial charge in [-0.05, 0) is 25.2 Å². The van der Waals surface area contributed by atoms with E-state index in [1.807, 2.05) is 0 Å². The molecule has 0 saturated carbocycles. The SMILES string of the molecule is CCCCCCCCC([O])(CCC)C(C)CCC. The lowest BCUT2D eigenvalue weighted by Crippen LogP contribution is -2.34. The Labute approximate surface area is 115 Å². The minimum Gasteiger partial charge on any atom is -0.229 e. The molecule has 0 amide bonds. The van der Waals surface area contributed by atoms with Gasteiger partial charge < -0.3 is 0 Å². The van der Waals surface area contributed by atoms with Gasteiger partial charge in [-0.2, -0.15) is 0 Å². The Morgan fingerprint density at radius 3 is 1.94 bits per heavy atom. The molecular weight excluding hydrogens is 220 g/mol. The molecule has 0 aromatic heterocycles. The Kier molecular flexibility index (Phi) is 10.8. The van der Waals surface area contributed by atoms with Crippen molar-refractivity contribution in [2.75, 3.05) is 0 Å². The molecule has 0 aliphatic rings. The van der Waals surface area contributed by atoms with Gasteiger partial charge in [0.15, 0.2) is 0 Å². The predicted molar refractivity (Wildman–Crippen MR) is 80.4 cm³/mol. The summed E-state index contributed by atoms with van der Waals surface area (Å²) >= 11 is 0. The first-order valence-electron chi connectivity index (χ1n) is 8.31. The molecule has 0 heterocycles. The van der Waals surface area contributed by atoms with Crippen molar-refractivity contribution in [1.82, 2.24) is 0 Å². The van der Waals surface area contributed by atoms with E-state index in [-0.39, 0.29) is 0 Å². The monoisotopic (exact) mass is 255 g/mol. The van der Waals surface area contributed by atoms with Crippen molar-refractivity contribution < 1.29 is 5.11 Å². The molecule has 0 aliphatic carbocycles. The standard InChI is InChI=1S/C17H35O/c1-5-8-9-10-11-12-15-17(18,14-7-3)16(4)13-6-2/h16H,5-15H2,1-4H3. The minimum absolute atomic E-state index is 0.345. The van der Waals surface area contributed by atoms with E-state index in [2.05, 4.69) is 27.7 Å². The van der Waals surface area contributed by atoms with Crippen molar-refractivity contribution in [3.05, 3.63) is 0 Å². The highest BCUT2D eigenvalue weighted by molar-refractivity contribution is 4.83. The van der Waals surface area contributed by atoms with E-state index in [4.69, 9.17) is 0 Å². The second-order valence-electron chi connectivity index (χ2n) is 6.02. The molecule has 0 N–H and O–H groups in total. The molecular formula is C17H35O. The molecule has 0 bridgehead atoms. The van der Waals surface area contributed by atoms with Gasteiger partial charge in [0.05, 0.1) is 0 Å². The van der Waals surface area contributed by atoms with Crippen LogP contribution >= 0.6 is 0 Å². The van der Waals surface area contributed by atoms with Crippen LogP contribution in [-0.2, 0) is 5.11 Å². The molecule has 0 saturated heterocycles. The zero-order chi connectivity index (χ0) is 13.9. The van der Waals surface area contributed by atoms with Crippen LogP contribution in [0.2, 0.25) is 0 Å². The molecule has 0 spiro atoms. The summed E-state index contributed by atoms with van der Waals surface area (Å²) in [7, 11) is 0. The van der Waals surface area contributed by atoms with Crippen LogP contribution in [0.4, 0.5) is 0 Å².